The Balaban J connectivity index is 1.49. The Hall–Kier alpha value is -1.68. The molecule has 2 saturated heterocycles. The van der Waals surface area contributed by atoms with Gasteiger partial charge in [-0.05, 0) is 76.3 Å². The van der Waals surface area contributed by atoms with E-state index in [1.54, 1.807) is 0 Å². The summed E-state index contributed by atoms with van der Waals surface area (Å²) in [5.74, 6) is 0.582. The average Bonchev–Trinajstić information content (AvgIpc) is 3.25. The zero-order valence-electron chi connectivity index (χ0n) is 21.1. The smallest absolute Gasteiger partial charge is 0.0569 e. The van der Waals surface area contributed by atoms with Gasteiger partial charge in [-0.3, -0.25) is 9.67 Å². The number of nitrogens with one attached hydrogen (secondary N) is 1. The normalized spacial score (nSPS) is 28.6. The van der Waals surface area contributed by atoms with Crippen molar-refractivity contribution in [1.29, 1.82) is 0 Å². The Labute approximate surface area is 195 Å². The average molecular weight is 437 g/mol. The van der Waals surface area contributed by atoms with Crippen LogP contribution in [0.5, 0.6) is 0 Å². The molecule has 0 spiro atoms. The third-order valence-electron chi connectivity index (χ3n) is 8.69. The lowest BCUT2D eigenvalue weighted by Crippen LogP contribution is -2.72. The number of hydrogen-bond donors (Lipinski definition) is 1. The lowest BCUT2D eigenvalue weighted by molar-refractivity contribution is -0.00194. The molecule has 1 aliphatic carbocycles. The summed E-state index contributed by atoms with van der Waals surface area (Å²) in [6.45, 7) is 11.5. The quantitative estimate of drug-likeness (QED) is 0.447. The number of aromatic nitrogens is 3. The molecule has 1 N–H and O–H groups in total. The fourth-order valence-electron chi connectivity index (χ4n) is 6.41. The summed E-state index contributed by atoms with van der Waals surface area (Å²) in [7, 11) is 0. The molecule has 3 fully saturated rings. The van der Waals surface area contributed by atoms with Gasteiger partial charge >= 0.3 is 0 Å². The minimum absolute atomic E-state index is 0.370. The first-order chi connectivity index (χ1) is 15.5. The van der Waals surface area contributed by atoms with Crippen LogP contribution >= 0.6 is 0 Å². The van der Waals surface area contributed by atoms with Gasteiger partial charge in [-0.25, -0.2) is 0 Å². The largest absolute Gasteiger partial charge is 0.306 e. The van der Waals surface area contributed by atoms with Crippen molar-refractivity contribution >= 4 is 0 Å². The Kier molecular flexibility index (Phi) is 7.09. The SMILES string of the molecule is CCCCC(CC)c1ncc(-c2cnn(C3CCC4(CC)CC(CC)(CC3)N4)c2)cc1C. The summed E-state index contributed by atoms with van der Waals surface area (Å²) in [6, 6.07) is 2.84. The van der Waals surface area contributed by atoms with Crippen LogP contribution in [0.15, 0.2) is 24.7 Å². The fourth-order valence-corrected chi connectivity index (χ4v) is 6.41. The highest BCUT2D eigenvalue weighted by Crippen LogP contribution is 2.48. The Morgan fingerprint density at radius 3 is 2.31 bits per heavy atom. The molecule has 3 unspecified atom stereocenters. The molecule has 4 heteroatoms. The van der Waals surface area contributed by atoms with Crippen LogP contribution in [0, 0.1) is 6.92 Å². The van der Waals surface area contributed by atoms with Crippen molar-refractivity contribution in [1.82, 2.24) is 20.1 Å². The first-order valence-corrected chi connectivity index (χ1v) is 13.3. The summed E-state index contributed by atoms with van der Waals surface area (Å²) in [4.78, 5) is 4.94. The van der Waals surface area contributed by atoms with Crippen molar-refractivity contribution in [2.24, 2.45) is 0 Å². The van der Waals surface area contributed by atoms with Crippen molar-refractivity contribution in [3.8, 4) is 11.1 Å². The van der Waals surface area contributed by atoms with Crippen LogP contribution in [0.4, 0.5) is 0 Å². The predicted octanol–water partition coefficient (Wildman–Crippen LogP) is 7.34. The molecule has 0 amide bonds. The first-order valence-electron chi connectivity index (χ1n) is 13.3. The topological polar surface area (TPSA) is 42.7 Å². The molecule has 176 valence electrons. The van der Waals surface area contributed by atoms with Gasteiger partial charge in [0, 0.05) is 46.2 Å². The maximum absolute atomic E-state index is 4.94. The second kappa shape index (κ2) is 9.67. The van der Waals surface area contributed by atoms with Gasteiger partial charge in [0.25, 0.3) is 0 Å². The van der Waals surface area contributed by atoms with Crippen molar-refractivity contribution in [3.63, 3.8) is 0 Å². The maximum Gasteiger partial charge on any atom is 0.0569 e. The fraction of sp³-hybridized carbons (Fsp3) is 0.714. The van der Waals surface area contributed by atoms with Gasteiger partial charge in [0.2, 0.25) is 0 Å². The minimum Gasteiger partial charge on any atom is -0.306 e. The highest BCUT2D eigenvalue weighted by atomic mass is 15.3. The van der Waals surface area contributed by atoms with Crippen LogP contribution in [-0.2, 0) is 0 Å². The minimum atomic E-state index is 0.370. The summed E-state index contributed by atoms with van der Waals surface area (Å²) >= 11 is 0. The van der Waals surface area contributed by atoms with Crippen LogP contribution in [0.1, 0.15) is 122 Å². The van der Waals surface area contributed by atoms with Crippen molar-refractivity contribution in [2.45, 2.75) is 128 Å². The van der Waals surface area contributed by atoms with Gasteiger partial charge < -0.3 is 5.32 Å². The van der Waals surface area contributed by atoms with E-state index in [-0.39, 0.29) is 0 Å². The highest BCUT2D eigenvalue weighted by molar-refractivity contribution is 5.62. The van der Waals surface area contributed by atoms with E-state index in [9.17, 15) is 0 Å². The number of aryl methyl sites for hydroxylation is 1. The second-order valence-electron chi connectivity index (χ2n) is 10.7. The molecule has 3 aliphatic rings. The van der Waals surface area contributed by atoms with Crippen LogP contribution in [0.3, 0.4) is 0 Å². The third kappa shape index (κ3) is 4.53. The highest BCUT2D eigenvalue weighted by Gasteiger charge is 2.52. The number of pyridine rings is 1. The number of unbranched alkanes of at least 4 members (excludes halogenated alkanes) is 1. The summed E-state index contributed by atoms with van der Waals surface area (Å²) < 4.78 is 2.26. The van der Waals surface area contributed by atoms with E-state index in [2.05, 4.69) is 63.1 Å². The monoisotopic (exact) mass is 436 g/mol. The molecule has 5 rings (SSSR count). The van der Waals surface area contributed by atoms with Crippen molar-refractivity contribution in [3.05, 3.63) is 35.9 Å². The van der Waals surface area contributed by atoms with E-state index in [0.717, 1.165) is 0 Å². The third-order valence-corrected chi connectivity index (χ3v) is 8.69. The van der Waals surface area contributed by atoms with Gasteiger partial charge in [0.1, 0.15) is 0 Å². The maximum atomic E-state index is 4.94. The van der Waals surface area contributed by atoms with Crippen LogP contribution in [0.2, 0.25) is 0 Å². The Morgan fingerprint density at radius 1 is 1.06 bits per heavy atom. The second-order valence-corrected chi connectivity index (χ2v) is 10.7. The Bertz CT molecular complexity index is 873. The molecule has 1 saturated carbocycles. The molecule has 3 atom stereocenters. The molecule has 2 aliphatic heterocycles. The Morgan fingerprint density at radius 2 is 1.75 bits per heavy atom. The molecule has 2 bridgehead atoms. The molecule has 2 aromatic heterocycles. The van der Waals surface area contributed by atoms with Crippen LogP contribution < -0.4 is 5.32 Å². The van der Waals surface area contributed by atoms with Crippen LogP contribution in [-0.4, -0.2) is 25.8 Å². The van der Waals surface area contributed by atoms with Gasteiger partial charge in [0.15, 0.2) is 0 Å². The van der Waals surface area contributed by atoms with Gasteiger partial charge in [-0.2, -0.15) is 5.10 Å². The van der Waals surface area contributed by atoms with E-state index in [1.165, 1.54) is 93.0 Å². The van der Waals surface area contributed by atoms with E-state index in [0.29, 0.717) is 23.0 Å². The van der Waals surface area contributed by atoms with Crippen LogP contribution in [0.25, 0.3) is 11.1 Å². The molecule has 0 radical (unpaired) electrons. The molecular formula is C28H44N4. The number of fused-ring (bicyclic) bond motifs is 4. The molecule has 4 heterocycles. The first kappa shape index (κ1) is 23.5. The lowest BCUT2D eigenvalue weighted by atomic mass is 9.62. The predicted molar refractivity (Wildman–Crippen MR) is 134 cm³/mol. The van der Waals surface area contributed by atoms with Crippen molar-refractivity contribution in [2.75, 3.05) is 0 Å². The standard InChI is InChI=1S/C28H44N4/c1-6-10-11-22(7-2)26-21(5)16-23(17-29-26)24-18-30-32(19-24)25-12-14-27(8-3)20-28(9-4,31-27)15-13-25/h16-19,22,25,31H,6-15,20H2,1-5H3. The van der Waals surface area contributed by atoms with E-state index in [4.69, 9.17) is 10.1 Å². The summed E-state index contributed by atoms with van der Waals surface area (Å²) in [5.41, 5.74) is 5.76. The molecular weight excluding hydrogens is 392 g/mol. The van der Waals surface area contributed by atoms with E-state index < -0.39 is 0 Å². The van der Waals surface area contributed by atoms with Gasteiger partial charge in [-0.1, -0.05) is 40.5 Å². The number of nitrogens with zero attached hydrogens (tertiary/aromatic N) is 3. The summed E-state index contributed by atoms with van der Waals surface area (Å²) in [6.07, 6.45) is 20.1. The summed E-state index contributed by atoms with van der Waals surface area (Å²) in [5, 5.41) is 8.85. The van der Waals surface area contributed by atoms with E-state index in [1.807, 2.05) is 6.20 Å². The van der Waals surface area contributed by atoms with E-state index >= 15 is 0 Å². The molecule has 4 nitrogen and oxygen atoms in total. The number of rotatable bonds is 9. The zero-order valence-corrected chi connectivity index (χ0v) is 21.1. The zero-order chi connectivity index (χ0) is 22.8. The van der Waals surface area contributed by atoms with Crippen molar-refractivity contribution < 1.29 is 0 Å². The molecule has 0 aromatic carbocycles. The molecule has 32 heavy (non-hydrogen) atoms. The lowest BCUT2D eigenvalue weighted by Gasteiger charge is -2.60. The van der Waals surface area contributed by atoms with Gasteiger partial charge in [0.05, 0.1) is 12.2 Å². The molecule has 2 aromatic rings. The number of hydrogen-bond acceptors (Lipinski definition) is 3. The van der Waals surface area contributed by atoms with Gasteiger partial charge in [-0.15, -0.1) is 0 Å².